The number of benzene rings is 9. The maximum atomic E-state index is 6.44. The fraction of sp³-hybridized carbons (Fsp3) is 0. The van der Waals surface area contributed by atoms with Gasteiger partial charge in [0.25, 0.3) is 0 Å². The van der Waals surface area contributed by atoms with Crippen LogP contribution in [0.4, 0.5) is 0 Å². The first kappa shape index (κ1) is 29.5. The Morgan fingerprint density at radius 1 is 0.283 bits per heavy atom. The molecule has 0 unspecified atom stereocenters. The predicted molar refractivity (Wildman–Crippen MR) is 219 cm³/mol. The lowest BCUT2D eigenvalue weighted by molar-refractivity contribution is 0.669. The molecule has 0 saturated carbocycles. The van der Waals surface area contributed by atoms with Gasteiger partial charge in [-0.25, -0.2) is 15.0 Å². The van der Waals surface area contributed by atoms with Crippen molar-refractivity contribution in [2.24, 2.45) is 0 Å². The molecular formula is C49H29N3O. The first-order valence-corrected chi connectivity index (χ1v) is 17.9. The summed E-state index contributed by atoms with van der Waals surface area (Å²) in [6.45, 7) is 0. The van der Waals surface area contributed by atoms with E-state index in [0.29, 0.717) is 17.5 Å². The highest BCUT2D eigenvalue weighted by Gasteiger charge is 2.20. The highest BCUT2D eigenvalue weighted by molar-refractivity contribution is 6.34. The Kier molecular flexibility index (Phi) is 6.52. The molecular weight excluding hydrogens is 647 g/mol. The summed E-state index contributed by atoms with van der Waals surface area (Å²) in [6.07, 6.45) is 0. The third-order valence-corrected chi connectivity index (χ3v) is 10.5. The van der Waals surface area contributed by atoms with Crippen molar-refractivity contribution in [3.05, 3.63) is 176 Å². The van der Waals surface area contributed by atoms with Gasteiger partial charge in [0.15, 0.2) is 17.5 Å². The van der Waals surface area contributed by atoms with Crippen LogP contribution in [0, 0.1) is 0 Å². The Morgan fingerprint density at radius 2 is 0.774 bits per heavy atom. The SMILES string of the molecule is c1ccc(-c2ccc(-c3nc(-c4ccccc4)nc(-c4cc5c6ccccc6c6cc7c(cc6c5c5ccccc45)oc4ccccc47)n3)cc2)cc1. The normalized spacial score (nSPS) is 11.8. The molecule has 0 amide bonds. The summed E-state index contributed by atoms with van der Waals surface area (Å²) < 4.78 is 6.44. The van der Waals surface area contributed by atoms with Crippen LogP contribution in [0.1, 0.15) is 0 Å². The Bertz CT molecular complexity index is 3200. The van der Waals surface area contributed by atoms with Gasteiger partial charge in [0.2, 0.25) is 0 Å². The number of hydrogen-bond donors (Lipinski definition) is 0. The van der Waals surface area contributed by atoms with Gasteiger partial charge < -0.3 is 4.42 Å². The molecule has 53 heavy (non-hydrogen) atoms. The van der Waals surface area contributed by atoms with Gasteiger partial charge >= 0.3 is 0 Å². The van der Waals surface area contributed by atoms with Crippen molar-refractivity contribution in [2.45, 2.75) is 0 Å². The number of para-hydroxylation sites is 1. The average molecular weight is 676 g/mol. The zero-order chi connectivity index (χ0) is 34.9. The highest BCUT2D eigenvalue weighted by Crippen LogP contribution is 2.44. The molecule has 246 valence electrons. The molecule has 4 heteroatoms. The number of fused-ring (bicyclic) bond motifs is 11. The largest absolute Gasteiger partial charge is 0.456 e. The van der Waals surface area contributed by atoms with Crippen molar-refractivity contribution >= 4 is 65.0 Å². The predicted octanol–water partition coefficient (Wildman–Crippen LogP) is 13.1. The van der Waals surface area contributed by atoms with Gasteiger partial charge in [-0.05, 0) is 78.5 Å². The molecule has 11 aromatic rings. The summed E-state index contributed by atoms with van der Waals surface area (Å²) in [4.78, 5) is 15.5. The molecule has 2 heterocycles. The molecule has 9 aromatic carbocycles. The summed E-state index contributed by atoms with van der Waals surface area (Å²) in [5.41, 5.74) is 6.93. The lowest BCUT2D eigenvalue weighted by Gasteiger charge is -2.16. The Labute approximate surface area is 304 Å². The van der Waals surface area contributed by atoms with Crippen LogP contribution in [0.5, 0.6) is 0 Å². The van der Waals surface area contributed by atoms with E-state index in [1.165, 1.54) is 27.1 Å². The molecule has 0 aliphatic carbocycles. The van der Waals surface area contributed by atoms with Crippen LogP contribution in [0.25, 0.3) is 110 Å². The quantitative estimate of drug-likeness (QED) is 0.174. The van der Waals surface area contributed by atoms with E-state index < -0.39 is 0 Å². The van der Waals surface area contributed by atoms with Crippen LogP contribution >= 0.6 is 0 Å². The highest BCUT2D eigenvalue weighted by atomic mass is 16.3. The number of rotatable bonds is 4. The molecule has 0 N–H and O–H groups in total. The molecule has 0 fully saturated rings. The number of hydrogen-bond acceptors (Lipinski definition) is 4. The van der Waals surface area contributed by atoms with Gasteiger partial charge in [0, 0.05) is 27.5 Å². The van der Waals surface area contributed by atoms with Gasteiger partial charge in [0.05, 0.1) is 0 Å². The summed E-state index contributed by atoms with van der Waals surface area (Å²) in [5, 5.41) is 11.6. The van der Waals surface area contributed by atoms with Crippen LogP contribution in [-0.2, 0) is 0 Å². The maximum absolute atomic E-state index is 6.44. The van der Waals surface area contributed by atoms with E-state index >= 15 is 0 Å². The lowest BCUT2D eigenvalue weighted by atomic mass is 9.88. The molecule has 0 aliphatic rings. The summed E-state index contributed by atoms with van der Waals surface area (Å²) in [6, 6.07) is 61.5. The summed E-state index contributed by atoms with van der Waals surface area (Å²) in [5.74, 6) is 1.90. The minimum absolute atomic E-state index is 0.633. The van der Waals surface area contributed by atoms with Crippen LogP contribution in [0.2, 0.25) is 0 Å². The van der Waals surface area contributed by atoms with Crippen LogP contribution < -0.4 is 0 Å². The fourth-order valence-corrected chi connectivity index (χ4v) is 8.00. The smallest absolute Gasteiger partial charge is 0.164 e. The van der Waals surface area contributed by atoms with E-state index in [1.54, 1.807) is 0 Å². The van der Waals surface area contributed by atoms with E-state index in [-0.39, 0.29) is 0 Å². The second kappa shape index (κ2) is 11.7. The van der Waals surface area contributed by atoms with E-state index in [2.05, 4.69) is 140 Å². The third kappa shape index (κ3) is 4.73. The minimum Gasteiger partial charge on any atom is -0.456 e. The summed E-state index contributed by atoms with van der Waals surface area (Å²) >= 11 is 0. The van der Waals surface area contributed by atoms with Crippen LogP contribution in [-0.4, -0.2) is 15.0 Å². The molecule has 0 saturated heterocycles. The second-order valence-corrected chi connectivity index (χ2v) is 13.5. The van der Waals surface area contributed by atoms with Crippen molar-refractivity contribution in [3.63, 3.8) is 0 Å². The number of furan rings is 1. The molecule has 2 aromatic heterocycles. The molecule has 11 rings (SSSR count). The Morgan fingerprint density at radius 3 is 1.49 bits per heavy atom. The molecule has 0 spiro atoms. The van der Waals surface area contributed by atoms with E-state index in [9.17, 15) is 0 Å². The standard InChI is InChI=1S/C49H29N3O/c1-3-13-30(14-4-1)31-23-25-33(26-24-31)48-50-47(32-15-5-2-6-16-32)51-49(52-48)43-28-41-35-18-8-7-17-34(35)39-27-40-37-20-11-12-22-44(37)53-45(40)29-42(39)46(41)38-21-10-9-19-36(38)43/h1-29H. The van der Waals surface area contributed by atoms with Crippen LogP contribution in [0.3, 0.4) is 0 Å². The third-order valence-electron chi connectivity index (χ3n) is 10.5. The number of nitrogens with zero attached hydrogens (tertiary/aromatic N) is 3. The second-order valence-electron chi connectivity index (χ2n) is 13.5. The van der Waals surface area contributed by atoms with Gasteiger partial charge in [-0.3, -0.25) is 0 Å². The van der Waals surface area contributed by atoms with E-state index in [4.69, 9.17) is 19.4 Å². The van der Waals surface area contributed by atoms with E-state index in [0.717, 1.165) is 65.7 Å². The van der Waals surface area contributed by atoms with Gasteiger partial charge in [-0.2, -0.15) is 0 Å². The topological polar surface area (TPSA) is 51.8 Å². The average Bonchev–Trinajstić information content (AvgIpc) is 3.60. The Hall–Kier alpha value is -7.17. The van der Waals surface area contributed by atoms with E-state index in [1.807, 2.05) is 36.4 Å². The summed E-state index contributed by atoms with van der Waals surface area (Å²) in [7, 11) is 0. The lowest BCUT2D eigenvalue weighted by Crippen LogP contribution is -2.01. The zero-order valence-corrected chi connectivity index (χ0v) is 28.5. The van der Waals surface area contributed by atoms with Crippen LogP contribution in [0.15, 0.2) is 180 Å². The van der Waals surface area contributed by atoms with Gasteiger partial charge in [-0.15, -0.1) is 0 Å². The first-order valence-electron chi connectivity index (χ1n) is 17.9. The fourth-order valence-electron chi connectivity index (χ4n) is 8.00. The number of aromatic nitrogens is 3. The molecule has 0 bridgehead atoms. The Balaban J connectivity index is 1.20. The van der Waals surface area contributed by atoms with Crippen molar-refractivity contribution in [1.82, 2.24) is 15.0 Å². The maximum Gasteiger partial charge on any atom is 0.164 e. The zero-order valence-electron chi connectivity index (χ0n) is 28.5. The monoisotopic (exact) mass is 675 g/mol. The van der Waals surface area contributed by atoms with Crippen molar-refractivity contribution in [3.8, 4) is 45.3 Å². The minimum atomic E-state index is 0.633. The molecule has 4 nitrogen and oxygen atoms in total. The van der Waals surface area contributed by atoms with Crippen molar-refractivity contribution < 1.29 is 4.42 Å². The van der Waals surface area contributed by atoms with Gasteiger partial charge in [0.1, 0.15) is 11.2 Å². The molecule has 0 radical (unpaired) electrons. The van der Waals surface area contributed by atoms with Crippen molar-refractivity contribution in [2.75, 3.05) is 0 Å². The van der Waals surface area contributed by atoms with Crippen molar-refractivity contribution in [1.29, 1.82) is 0 Å². The molecule has 0 aliphatic heterocycles. The first-order chi connectivity index (χ1) is 26.3. The molecule has 0 atom stereocenters. The van der Waals surface area contributed by atoms with Gasteiger partial charge in [-0.1, -0.05) is 152 Å².